The van der Waals surface area contributed by atoms with E-state index in [4.69, 9.17) is 21.1 Å². The van der Waals surface area contributed by atoms with Crippen molar-refractivity contribution in [2.24, 2.45) is 0 Å². The molecule has 0 amide bonds. The summed E-state index contributed by atoms with van der Waals surface area (Å²) in [5.41, 5.74) is 1.04. The molecule has 0 spiro atoms. The predicted molar refractivity (Wildman–Crippen MR) is 127 cm³/mol. The Hall–Kier alpha value is -2.60. The number of hydrogen-bond donors (Lipinski definition) is 2. The highest BCUT2D eigenvalue weighted by molar-refractivity contribution is 6.35. The molecule has 0 radical (unpaired) electrons. The van der Waals surface area contributed by atoms with Gasteiger partial charge in [-0.25, -0.2) is 4.98 Å². The van der Waals surface area contributed by atoms with Crippen molar-refractivity contribution in [1.29, 1.82) is 0 Å². The predicted octanol–water partition coefficient (Wildman–Crippen LogP) is 6.46. The molecule has 0 saturated carbocycles. The van der Waals surface area contributed by atoms with Crippen LogP contribution in [0.3, 0.4) is 0 Å². The Kier molecular flexibility index (Phi) is 5.70. The lowest BCUT2D eigenvalue weighted by molar-refractivity contribution is -0.165. The van der Waals surface area contributed by atoms with Gasteiger partial charge in [-0.15, -0.1) is 0 Å². The number of pyridine rings is 1. The summed E-state index contributed by atoms with van der Waals surface area (Å²) in [6.07, 6.45) is -0.279. The Morgan fingerprint density at radius 2 is 1.84 bits per heavy atom. The number of aromatic nitrogens is 1. The van der Waals surface area contributed by atoms with E-state index in [1.54, 1.807) is 26.0 Å². The first-order chi connectivity index (χ1) is 15.0. The van der Waals surface area contributed by atoms with Gasteiger partial charge in [0.2, 0.25) is 5.88 Å². The van der Waals surface area contributed by atoms with Crippen molar-refractivity contribution in [1.82, 2.24) is 4.98 Å². The van der Waals surface area contributed by atoms with Gasteiger partial charge in [0.05, 0.1) is 16.1 Å². The quantitative estimate of drug-likeness (QED) is 0.474. The van der Waals surface area contributed by atoms with Crippen molar-refractivity contribution in [2.75, 3.05) is 0 Å². The van der Waals surface area contributed by atoms with Gasteiger partial charge in [0.25, 0.3) is 0 Å². The summed E-state index contributed by atoms with van der Waals surface area (Å²) in [6, 6.07) is 15.0. The Bertz CT molecular complexity index is 1220. The molecule has 3 aromatic rings. The zero-order valence-corrected chi connectivity index (χ0v) is 19.7. The minimum atomic E-state index is -1.01. The third kappa shape index (κ3) is 3.96. The summed E-state index contributed by atoms with van der Waals surface area (Å²) in [6.45, 7) is 9.27. The largest absolute Gasteiger partial charge is 0.509 e. The highest BCUT2D eigenvalue weighted by atomic mass is 35.5. The molecule has 0 fully saturated rings. The number of rotatable bonds is 4. The van der Waals surface area contributed by atoms with Crippen LogP contribution >= 0.6 is 11.6 Å². The van der Waals surface area contributed by atoms with Crippen LogP contribution in [0.25, 0.3) is 16.5 Å². The molecule has 0 bridgehead atoms. The summed E-state index contributed by atoms with van der Waals surface area (Å²) < 4.78 is 12.0. The fourth-order valence-electron chi connectivity index (χ4n) is 4.29. The standard InChI is InChI=1S/C26H28ClNO4/c1-6-15-10-12-17(31-20-13-11-16-8-7-9-19(27)22(16)28-20)14-18(15)21-23(29)25(2,3)32-26(4,5)24(21)30/h7-14,23,29-30H,6H2,1-5H3. The van der Waals surface area contributed by atoms with E-state index in [2.05, 4.69) is 4.98 Å². The van der Waals surface area contributed by atoms with E-state index >= 15 is 0 Å². The van der Waals surface area contributed by atoms with Crippen molar-refractivity contribution < 1.29 is 19.7 Å². The second-order valence-corrected chi connectivity index (χ2v) is 9.52. The van der Waals surface area contributed by atoms with E-state index in [0.29, 0.717) is 27.7 Å². The molecular weight excluding hydrogens is 426 g/mol. The highest BCUT2D eigenvalue weighted by Crippen LogP contribution is 2.44. The maximum atomic E-state index is 11.1. The molecule has 1 aromatic heterocycles. The molecule has 6 heteroatoms. The lowest BCUT2D eigenvalue weighted by Crippen LogP contribution is -2.52. The van der Waals surface area contributed by atoms with E-state index < -0.39 is 17.3 Å². The number of halogens is 1. The maximum Gasteiger partial charge on any atom is 0.219 e. The Balaban J connectivity index is 1.79. The van der Waals surface area contributed by atoms with Gasteiger partial charge >= 0.3 is 0 Å². The number of para-hydroxylation sites is 1. The smallest absolute Gasteiger partial charge is 0.219 e. The van der Waals surface area contributed by atoms with E-state index in [9.17, 15) is 10.2 Å². The van der Waals surface area contributed by atoms with Crippen LogP contribution in [0, 0.1) is 0 Å². The van der Waals surface area contributed by atoms with Gasteiger partial charge < -0.3 is 19.7 Å². The Morgan fingerprint density at radius 3 is 2.56 bits per heavy atom. The van der Waals surface area contributed by atoms with Crippen LogP contribution in [-0.2, 0) is 11.2 Å². The molecule has 5 nitrogen and oxygen atoms in total. The molecule has 0 saturated heterocycles. The SMILES string of the molecule is CCc1ccc(Oc2ccc3cccc(Cl)c3n2)cc1C1=C(O)C(C)(C)OC(C)(C)C1O. The Morgan fingerprint density at radius 1 is 1.09 bits per heavy atom. The molecule has 2 aromatic carbocycles. The zero-order valence-electron chi connectivity index (χ0n) is 18.9. The van der Waals surface area contributed by atoms with Gasteiger partial charge in [0, 0.05) is 17.0 Å². The van der Waals surface area contributed by atoms with Crippen LogP contribution < -0.4 is 4.74 Å². The van der Waals surface area contributed by atoms with E-state index in [0.717, 1.165) is 22.9 Å². The Labute approximate surface area is 193 Å². The highest BCUT2D eigenvalue weighted by Gasteiger charge is 2.47. The number of fused-ring (bicyclic) bond motifs is 1. The number of aryl methyl sites for hydroxylation is 1. The third-order valence-electron chi connectivity index (χ3n) is 5.90. The van der Waals surface area contributed by atoms with Crippen LogP contribution in [-0.4, -0.2) is 32.5 Å². The minimum absolute atomic E-state index is 0.0202. The van der Waals surface area contributed by atoms with Crippen molar-refractivity contribution in [3.05, 3.63) is 70.4 Å². The van der Waals surface area contributed by atoms with Gasteiger partial charge in [-0.3, -0.25) is 0 Å². The molecule has 2 N–H and O–H groups in total. The van der Waals surface area contributed by atoms with Crippen molar-refractivity contribution in [3.63, 3.8) is 0 Å². The molecule has 4 rings (SSSR count). The van der Waals surface area contributed by atoms with Gasteiger partial charge in [-0.05, 0) is 69.5 Å². The molecular formula is C26H28ClNO4. The number of benzene rings is 2. The lowest BCUT2D eigenvalue weighted by atomic mass is 9.80. The first-order valence-electron chi connectivity index (χ1n) is 10.7. The number of hydrogen-bond acceptors (Lipinski definition) is 5. The zero-order chi connectivity index (χ0) is 23.3. The molecule has 1 aliphatic heterocycles. The molecule has 32 heavy (non-hydrogen) atoms. The lowest BCUT2D eigenvalue weighted by Gasteiger charge is -2.45. The fourth-order valence-corrected chi connectivity index (χ4v) is 4.51. The van der Waals surface area contributed by atoms with Crippen LogP contribution in [0.5, 0.6) is 11.6 Å². The van der Waals surface area contributed by atoms with Crippen LogP contribution in [0.4, 0.5) is 0 Å². The second-order valence-electron chi connectivity index (χ2n) is 9.12. The van der Waals surface area contributed by atoms with Crippen LogP contribution in [0.2, 0.25) is 5.02 Å². The molecule has 2 heterocycles. The summed E-state index contributed by atoms with van der Waals surface area (Å²) in [5, 5.41) is 23.6. The summed E-state index contributed by atoms with van der Waals surface area (Å²) in [4.78, 5) is 4.55. The van der Waals surface area contributed by atoms with E-state index in [-0.39, 0.29) is 5.76 Å². The van der Waals surface area contributed by atoms with Gasteiger partial charge in [-0.2, -0.15) is 0 Å². The first kappa shape index (κ1) is 22.6. The number of aliphatic hydroxyl groups excluding tert-OH is 2. The third-order valence-corrected chi connectivity index (χ3v) is 6.20. The van der Waals surface area contributed by atoms with Crippen LogP contribution in [0.15, 0.2) is 54.3 Å². The number of nitrogens with zero attached hydrogens (tertiary/aromatic N) is 1. The summed E-state index contributed by atoms with van der Waals surface area (Å²) >= 11 is 6.29. The first-order valence-corrected chi connectivity index (χ1v) is 11.1. The maximum absolute atomic E-state index is 11.1. The van der Waals surface area contributed by atoms with E-state index in [1.807, 2.05) is 57.2 Å². The summed E-state index contributed by atoms with van der Waals surface area (Å²) in [7, 11) is 0. The normalized spacial score (nSPS) is 19.9. The molecule has 1 unspecified atom stereocenters. The fraction of sp³-hybridized carbons (Fsp3) is 0.346. The minimum Gasteiger partial charge on any atom is -0.509 e. The second kappa shape index (κ2) is 8.07. The molecule has 168 valence electrons. The average molecular weight is 454 g/mol. The van der Waals surface area contributed by atoms with Gasteiger partial charge in [0.15, 0.2) is 0 Å². The molecule has 0 aliphatic carbocycles. The van der Waals surface area contributed by atoms with Crippen molar-refractivity contribution in [3.8, 4) is 11.6 Å². The topological polar surface area (TPSA) is 71.8 Å². The van der Waals surface area contributed by atoms with Crippen molar-refractivity contribution >= 4 is 28.1 Å². The average Bonchev–Trinajstić information content (AvgIpc) is 2.73. The van der Waals surface area contributed by atoms with Crippen molar-refractivity contribution in [2.45, 2.75) is 58.3 Å². The van der Waals surface area contributed by atoms with Crippen LogP contribution in [0.1, 0.15) is 45.7 Å². The van der Waals surface area contributed by atoms with Gasteiger partial charge in [-0.1, -0.05) is 36.7 Å². The summed E-state index contributed by atoms with van der Waals surface area (Å²) in [5.74, 6) is 0.977. The number of ether oxygens (including phenoxy) is 2. The molecule has 1 aliphatic rings. The number of aliphatic hydroxyl groups is 2. The van der Waals surface area contributed by atoms with E-state index in [1.165, 1.54) is 0 Å². The molecule has 1 atom stereocenters. The monoisotopic (exact) mass is 453 g/mol. The van der Waals surface area contributed by atoms with Gasteiger partial charge in [0.1, 0.15) is 23.2 Å².